The molecule has 27 heavy (non-hydrogen) atoms. The molecule has 3 N–H and O–H groups in total. The van der Waals surface area contributed by atoms with Gasteiger partial charge in [0.15, 0.2) is 0 Å². The second-order valence-electron chi connectivity index (χ2n) is 6.10. The molecule has 1 heterocycles. The van der Waals surface area contributed by atoms with Crippen molar-refractivity contribution in [3.63, 3.8) is 0 Å². The first-order valence-corrected chi connectivity index (χ1v) is 10.9. The molecule has 3 rings (SSSR count). The SMILES string of the molecule is Cc1ccc(S(=O)(=O)Nc2cc(S(N)(=O)=O)ccc2-n2cc(C)cn2)cc1. The Morgan fingerprint density at radius 2 is 1.56 bits per heavy atom. The van der Waals surface area contributed by atoms with Gasteiger partial charge in [-0.2, -0.15) is 5.10 Å². The van der Waals surface area contributed by atoms with E-state index in [9.17, 15) is 16.8 Å². The van der Waals surface area contributed by atoms with Gasteiger partial charge in [0.2, 0.25) is 10.0 Å². The summed E-state index contributed by atoms with van der Waals surface area (Å²) in [6.07, 6.45) is 3.29. The van der Waals surface area contributed by atoms with Crippen LogP contribution < -0.4 is 9.86 Å². The third kappa shape index (κ3) is 4.18. The van der Waals surface area contributed by atoms with Crippen LogP contribution in [0.5, 0.6) is 0 Å². The standard InChI is InChI=1S/C17H18N4O4S2/c1-12-3-5-14(6-4-12)27(24,25)20-16-9-15(26(18,22)23)7-8-17(16)21-11-13(2)10-19-21/h3-11,20H,1-2H3,(H2,18,22,23). The maximum absolute atomic E-state index is 12.7. The van der Waals surface area contributed by atoms with E-state index in [1.807, 2.05) is 13.8 Å². The molecule has 1 aromatic heterocycles. The summed E-state index contributed by atoms with van der Waals surface area (Å²) in [5.74, 6) is 0. The zero-order valence-corrected chi connectivity index (χ0v) is 16.3. The number of nitrogens with one attached hydrogen (secondary N) is 1. The number of primary sulfonamides is 1. The van der Waals surface area contributed by atoms with Gasteiger partial charge < -0.3 is 0 Å². The number of aromatic nitrogens is 2. The number of hydrogen-bond donors (Lipinski definition) is 2. The van der Waals surface area contributed by atoms with Crippen molar-refractivity contribution < 1.29 is 16.8 Å². The second kappa shape index (κ2) is 6.80. The third-order valence-corrected chi connectivity index (χ3v) is 6.12. The van der Waals surface area contributed by atoms with Crippen molar-refractivity contribution in [2.45, 2.75) is 23.6 Å². The van der Waals surface area contributed by atoms with E-state index >= 15 is 0 Å². The van der Waals surface area contributed by atoms with Crippen LogP contribution in [0.2, 0.25) is 0 Å². The van der Waals surface area contributed by atoms with Crippen LogP contribution >= 0.6 is 0 Å². The molecule has 3 aromatic rings. The molecule has 0 saturated carbocycles. The monoisotopic (exact) mass is 406 g/mol. The van der Waals surface area contributed by atoms with E-state index in [-0.39, 0.29) is 15.5 Å². The Bertz CT molecular complexity index is 1200. The van der Waals surface area contributed by atoms with Crippen LogP contribution in [-0.2, 0) is 20.0 Å². The molecule has 0 bridgehead atoms. The third-order valence-electron chi connectivity index (χ3n) is 3.83. The molecule has 142 valence electrons. The first kappa shape index (κ1) is 19.1. The molecule has 0 fully saturated rings. The molecule has 0 amide bonds. The number of benzene rings is 2. The van der Waals surface area contributed by atoms with E-state index in [0.717, 1.165) is 11.1 Å². The first-order valence-electron chi connectivity index (χ1n) is 7.84. The van der Waals surface area contributed by atoms with Gasteiger partial charge in [-0.15, -0.1) is 0 Å². The summed E-state index contributed by atoms with van der Waals surface area (Å²) in [5, 5.41) is 9.34. The lowest BCUT2D eigenvalue weighted by Gasteiger charge is -2.14. The summed E-state index contributed by atoms with van der Waals surface area (Å²) in [6.45, 7) is 3.68. The lowest BCUT2D eigenvalue weighted by molar-refractivity contribution is 0.596. The van der Waals surface area contributed by atoms with Crippen molar-refractivity contribution >= 4 is 25.7 Å². The zero-order valence-electron chi connectivity index (χ0n) is 14.6. The fourth-order valence-corrected chi connectivity index (χ4v) is 4.04. The van der Waals surface area contributed by atoms with E-state index in [2.05, 4.69) is 9.82 Å². The second-order valence-corrected chi connectivity index (χ2v) is 9.35. The van der Waals surface area contributed by atoms with Crippen molar-refractivity contribution in [1.82, 2.24) is 9.78 Å². The molecule has 10 heteroatoms. The average Bonchev–Trinajstić information content (AvgIpc) is 3.00. The minimum absolute atomic E-state index is 0.0465. The number of hydrogen-bond acceptors (Lipinski definition) is 5. The number of rotatable bonds is 5. The maximum atomic E-state index is 12.7. The fraction of sp³-hybridized carbons (Fsp3) is 0.118. The number of nitrogens with two attached hydrogens (primary N) is 1. The van der Waals surface area contributed by atoms with Gasteiger partial charge in [0.25, 0.3) is 10.0 Å². The van der Waals surface area contributed by atoms with Crippen LogP contribution in [0.1, 0.15) is 11.1 Å². The molecule has 2 aromatic carbocycles. The Morgan fingerprint density at radius 3 is 2.11 bits per heavy atom. The molecule has 0 spiro atoms. The van der Waals surface area contributed by atoms with Crippen LogP contribution in [0.4, 0.5) is 5.69 Å². The highest BCUT2D eigenvalue weighted by atomic mass is 32.2. The highest BCUT2D eigenvalue weighted by molar-refractivity contribution is 7.92. The summed E-state index contributed by atoms with van der Waals surface area (Å²) < 4.78 is 52.7. The highest BCUT2D eigenvalue weighted by Gasteiger charge is 2.19. The Balaban J connectivity index is 2.12. The van der Waals surface area contributed by atoms with Crippen molar-refractivity contribution in [3.8, 4) is 5.69 Å². The van der Waals surface area contributed by atoms with Gasteiger partial charge in [-0.25, -0.2) is 26.7 Å². The molecule has 8 nitrogen and oxygen atoms in total. The molecular weight excluding hydrogens is 388 g/mol. The lowest BCUT2D eigenvalue weighted by atomic mass is 10.2. The summed E-state index contributed by atoms with van der Waals surface area (Å²) in [7, 11) is -7.95. The number of aryl methyl sites for hydroxylation is 2. The van der Waals surface area contributed by atoms with Crippen LogP contribution in [-0.4, -0.2) is 26.6 Å². The fourth-order valence-electron chi connectivity index (χ4n) is 2.44. The lowest BCUT2D eigenvalue weighted by Crippen LogP contribution is -2.17. The van der Waals surface area contributed by atoms with E-state index in [0.29, 0.717) is 5.69 Å². The Morgan fingerprint density at radius 1 is 0.926 bits per heavy atom. The molecule has 0 atom stereocenters. The average molecular weight is 406 g/mol. The quantitative estimate of drug-likeness (QED) is 0.670. The Hall–Kier alpha value is -2.69. The molecule has 0 radical (unpaired) electrons. The van der Waals surface area contributed by atoms with Gasteiger partial charge in [0.1, 0.15) is 0 Å². The number of sulfonamides is 2. The van der Waals surface area contributed by atoms with Crippen molar-refractivity contribution in [3.05, 3.63) is 66.0 Å². The maximum Gasteiger partial charge on any atom is 0.261 e. The zero-order chi connectivity index (χ0) is 19.8. The van der Waals surface area contributed by atoms with Gasteiger partial charge in [0.05, 0.1) is 27.4 Å². The Kier molecular flexibility index (Phi) is 4.81. The van der Waals surface area contributed by atoms with Crippen LogP contribution in [0.25, 0.3) is 5.69 Å². The number of anilines is 1. The molecule has 0 saturated heterocycles. The van der Waals surface area contributed by atoms with Gasteiger partial charge in [-0.05, 0) is 49.7 Å². The first-order chi connectivity index (χ1) is 12.6. The Labute approximate surface area is 157 Å². The topological polar surface area (TPSA) is 124 Å². The predicted octanol–water partition coefficient (Wildman–Crippen LogP) is 1.94. The summed E-state index contributed by atoms with van der Waals surface area (Å²) in [4.78, 5) is -0.159. The smallest absolute Gasteiger partial charge is 0.261 e. The van der Waals surface area contributed by atoms with E-state index in [1.54, 1.807) is 24.5 Å². The van der Waals surface area contributed by atoms with Crippen LogP contribution in [0.3, 0.4) is 0 Å². The minimum Gasteiger partial charge on any atom is -0.277 e. The van der Waals surface area contributed by atoms with Crippen molar-refractivity contribution in [2.75, 3.05) is 4.72 Å². The largest absolute Gasteiger partial charge is 0.277 e. The normalized spacial score (nSPS) is 12.1. The van der Waals surface area contributed by atoms with Gasteiger partial charge in [-0.3, -0.25) is 4.72 Å². The van der Waals surface area contributed by atoms with Gasteiger partial charge in [0, 0.05) is 6.20 Å². The van der Waals surface area contributed by atoms with Crippen molar-refractivity contribution in [1.29, 1.82) is 0 Å². The van der Waals surface area contributed by atoms with E-state index in [1.165, 1.54) is 35.0 Å². The van der Waals surface area contributed by atoms with E-state index < -0.39 is 20.0 Å². The summed E-state index contributed by atoms with van der Waals surface area (Å²) >= 11 is 0. The van der Waals surface area contributed by atoms with Gasteiger partial charge in [-0.1, -0.05) is 17.7 Å². The summed E-state index contributed by atoms with van der Waals surface area (Å²) in [5.41, 5.74) is 2.19. The molecule has 0 unspecified atom stereocenters. The predicted molar refractivity (Wildman–Crippen MR) is 102 cm³/mol. The molecular formula is C17H18N4O4S2. The molecule has 0 aliphatic heterocycles. The van der Waals surface area contributed by atoms with Gasteiger partial charge >= 0.3 is 0 Å². The molecule has 0 aliphatic carbocycles. The van der Waals surface area contributed by atoms with Crippen LogP contribution in [0.15, 0.2) is 64.6 Å². The van der Waals surface area contributed by atoms with Crippen LogP contribution in [0, 0.1) is 13.8 Å². The summed E-state index contributed by atoms with van der Waals surface area (Å²) in [6, 6.07) is 10.2. The molecule has 0 aliphatic rings. The number of nitrogens with zero attached hydrogens (tertiary/aromatic N) is 2. The van der Waals surface area contributed by atoms with E-state index in [4.69, 9.17) is 5.14 Å². The van der Waals surface area contributed by atoms with Crippen molar-refractivity contribution in [2.24, 2.45) is 5.14 Å². The highest BCUT2D eigenvalue weighted by Crippen LogP contribution is 2.26. The minimum atomic E-state index is -4.01.